The second-order valence-electron chi connectivity index (χ2n) is 11.2. The van der Waals surface area contributed by atoms with E-state index in [0.717, 1.165) is 42.5 Å². The smallest absolute Gasteiger partial charge is 0.319 e. The van der Waals surface area contributed by atoms with E-state index in [2.05, 4.69) is 42.7 Å². The molecule has 267 valence electrons. The molecule has 0 aromatic heterocycles. The first-order chi connectivity index (χ1) is 21.2. The molecule has 0 saturated carbocycles. The summed E-state index contributed by atoms with van der Waals surface area (Å²) in [5.74, 6) is 1.09. The van der Waals surface area contributed by atoms with Crippen LogP contribution in [0.25, 0.3) is 0 Å². The standard InChI is InChI=1S/C22H43NO2S.C8H18O.C5H11NO3.Y/c1-5-8-10-11-12-13-16-21(15-9-6-2)19-23-20(4)26-18-17-25-22(24)14-7-3;1-3-5-6-7-8(9)4-2;1-6-4-5(8)9-3-2-7;/h21,23H,4-19H2,1-3H3;8-9H,3-7H2,1-2H3;6-7H,2-4H2,1H3;. The van der Waals surface area contributed by atoms with Gasteiger partial charge >= 0.3 is 11.9 Å². The molecule has 0 aromatic rings. The first-order valence-corrected chi connectivity index (χ1v) is 18.5. The Labute approximate surface area is 307 Å². The summed E-state index contributed by atoms with van der Waals surface area (Å²) in [4.78, 5) is 21.7. The van der Waals surface area contributed by atoms with Gasteiger partial charge in [-0.05, 0) is 45.1 Å². The van der Waals surface area contributed by atoms with Crippen molar-refractivity contribution in [1.29, 1.82) is 0 Å². The molecule has 0 aliphatic heterocycles. The van der Waals surface area contributed by atoms with E-state index in [9.17, 15) is 9.59 Å². The molecule has 0 spiro atoms. The van der Waals surface area contributed by atoms with Crippen molar-refractivity contribution >= 4 is 23.7 Å². The zero-order valence-electron chi connectivity index (χ0n) is 30.1. The van der Waals surface area contributed by atoms with E-state index in [1.165, 1.54) is 83.5 Å². The topological polar surface area (TPSA) is 117 Å². The van der Waals surface area contributed by atoms with Crippen molar-refractivity contribution in [2.75, 3.05) is 45.7 Å². The molecular formula is C35H72N2O6SY. The van der Waals surface area contributed by atoms with E-state index in [1.54, 1.807) is 18.8 Å². The van der Waals surface area contributed by atoms with Crippen LogP contribution in [0.3, 0.4) is 0 Å². The van der Waals surface area contributed by atoms with Gasteiger partial charge in [0.2, 0.25) is 0 Å². The van der Waals surface area contributed by atoms with E-state index < -0.39 is 0 Å². The van der Waals surface area contributed by atoms with Crippen molar-refractivity contribution in [1.82, 2.24) is 10.6 Å². The van der Waals surface area contributed by atoms with Crippen molar-refractivity contribution in [3.05, 3.63) is 11.6 Å². The predicted molar refractivity (Wildman–Crippen MR) is 189 cm³/mol. The number of thioether (sulfide) groups is 1. The summed E-state index contributed by atoms with van der Waals surface area (Å²) in [5, 5.41) is 24.4. The van der Waals surface area contributed by atoms with Crippen LogP contribution in [0.15, 0.2) is 11.6 Å². The molecule has 2 atom stereocenters. The fraction of sp³-hybridized carbons (Fsp3) is 0.886. The van der Waals surface area contributed by atoms with Gasteiger partial charge in [0.05, 0.1) is 24.3 Å². The number of carbonyl (C=O) groups excluding carboxylic acids is 2. The Morgan fingerprint density at radius 1 is 0.778 bits per heavy atom. The summed E-state index contributed by atoms with van der Waals surface area (Å²) < 4.78 is 9.66. The van der Waals surface area contributed by atoms with Gasteiger partial charge in [0.15, 0.2) is 0 Å². The van der Waals surface area contributed by atoms with Gasteiger partial charge in [-0.15, -0.1) is 11.8 Å². The van der Waals surface area contributed by atoms with Gasteiger partial charge in [-0.1, -0.05) is 112 Å². The van der Waals surface area contributed by atoms with Crippen LogP contribution in [0.4, 0.5) is 0 Å². The number of esters is 2. The number of nitrogens with one attached hydrogen (secondary N) is 2. The number of aliphatic hydroxyl groups excluding tert-OH is 2. The Balaban J connectivity index is -0.000000361. The number of likely N-dealkylation sites (N-methyl/N-ethyl adjacent to an activating group) is 1. The maximum atomic E-state index is 11.3. The third kappa shape index (κ3) is 46.0. The minimum Gasteiger partial charge on any atom is -0.465 e. The average molecular weight is 738 g/mol. The molecule has 0 saturated heterocycles. The Hall–Kier alpha value is -0.186. The van der Waals surface area contributed by atoms with Gasteiger partial charge < -0.3 is 30.3 Å². The van der Waals surface area contributed by atoms with E-state index in [4.69, 9.17) is 14.9 Å². The van der Waals surface area contributed by atoms with Crippen molar-refractivity contribution < 1.29 is 62.0 Å². The molecule has 10 heteroatoms. The molecule has 0 bridgehead atoms. The summed E-state index contributed by atoms with van der Waals surface area (Å²) in [5.41, 5.74) is 0. The second kappa shape index (κ2) is 43.8. The number of ether oxygens (including phenoxy) is 2. The second-order valence-corrected chi connectivity index (χ2v) is 12.4. The predicted octanol–water partition coefficient (Wildman–Crippen LogP) is 7.76. The van der Waals surface area contributed by atoms with E-state index in [0.29, 0.717) is 13.0 Å². The molecule has 0 aromatic carbocycles. The summed E-state index contributed by atoms with van der Waals surface area (Å²) >= 11 is 1.66. The van der Waals surface area contributed by atoms with E-state index >= 15 is 0 Å². The van der Waals surface area contributed by atoms with Crippen LogP contribution in [0.5, 0.6) is 0 Å². The minimum atomic E-state index is -0.341. The van der Waals surface area contributed by atoms with Crippen LogP contribution in [0.2, 0.25) is 0 Å². The molecule has 2 unspecified atom stereocenters. The summed E-state index contributed by atoms with van der Waals surface area (Å²) in [7, 11) is 1.65. The maximum Gasteiger partial charge on any atom is 0.319 e. The normalized spacial score (nSPS) is 11.5. The molecule has 0 rings (SSSR count). The number of rotatable bonds is 28. The van der Waals surface area contributed by atoms with Crippen LogP contribution in [-0.2, 0) is 51.8 Å². The Morgan fingerprint density at radius 2 is 1.33 bits per heavy atom. The Morgan fingerprint density at radius 3 is 1.91 bits per heavy atom. The number of carbonyl (C=O) groups is 2. The summed E-state index contributed by atoms with van der Waals surface area (Å²) in [6, 6.07) is 0. The largest absolute Gasteiger partial charge is 0.465 e. The average Bonchev–Trinajstić information content (AvgIpc) is 3.01. The molecule has 0 heterocycles. The number of unbranched alkanes of at least 4 members (excludes halogenated alkanes) is 8. The van der Waals surface area contributed by atoms with E-state index in [1.807, 2.05) is 13.8 Å². The monoisotopic (exact) mass is 737 g/mol. The Bertz CT molecular complexity index is 631. The molecule has 1 radical (unpaired) electrons. The van der Waals surface area contributed by atoms with E-state index in [-0.39, 0.29) is 70.5 Å². The van der Waals surface area contributed by atoms with Gasteiger partial charge in [0, 0.05) is 51.4 Å². The number of aliphatic hydroxyl groups is 2. The molecule has 8 nitrogen and oxygen atoms in total. The zero-order chi connectivity index (χ0) is 33.7. The molecule has 45 heavy (non-hydrogen) atoms. The van der Waals surface area contributed by atoms with Gasteiger partial charge in [-0.25, -0.2) is 0 Å². The van der Waals surface area contributed by atoms with Gasteiger partial charge in [-0.2, -0.15) is 0 Å². The molecule has 4 N–H and O–H groups in total. The molecule has 0 aliphatic rings. The Kier molecular flexibility index (Phi) is 50.3. The minimum absolute atomic E-state index is 0. The maximum absolute atomic E-state index is 11.3. The zero-order valence-corrected chi connectivity index (χ0v) is 33.8. The van der Waals surface area contributed by atoms with Crippen LogP contribution >= 0.6 is 11.8 Å². The van der Waals surface area contributed by atoms with Crippen molar-refractivity contribution in [2.24, 2.45) is 5.92 Å². The molecular weight excluding hydrogens is 665 g/mol. The molecule has 0 fully saturated rings. The number of hydrogen-bond donors (Lipinski definition) is 4. The van der Waals surface area contributed by atoms with Crippen molar-refractivity contribution in [3.8, 4) is 0 Å². The fourth-order valence-corrected chi connectivity index (χ4v) is 4.75. The summed E-state index contributed by atoms with van der Waals surface area (Å²) in [6.07, 6.45) is 20.3. The van der Waals surface area contributed by atoms with Gasteiger partial charge in [-0.3, -0.25) is 9.59 Å². The summed E-state index contributed by atoms with van der Waals surface area (Å²) in [6.45, 7) is 16.5. The first kappa shape index (κ1) is 51.6. The van der Waals surface area contributed by atoms with Crippen LogP contribution in [0.1, 0.15) is 144 Å². The van der Waals surface area contributed by atoms with Crippen LogP contribution < -0.4 is 10.6 Å². The fourth-order valence-electron chi connectivity index (χ4n) is 4.15. The third-order valence-electron chi connectivity index (χ3n) is 6.88. The van der Waals surface area contributed by atoms with Crippen LogP contribution in [0, 0.1) is 5.92 Å². The molecule has 0 aliphatic carbocycles. The van der Waals surface area contributed by atoms with Crippen molar-refractivity contribution in [2.45, 2.75) is 150 Å². The quantitative estimate of drug-likeness (QED) is 0.0473. The number of hydrogen-bond acceptors (Lipinski definition) is 9. The molecule has 0 amide bonds. The third-order valence-corrected chi connectivity index (χ3v) is 7.75. The van der Waals surface area contributed by atoms with Crippen LogP contribution in [-0.4, -0.2) is 74.0 Å². The van der Waals surface area contributed by atoms with Gasteiger partial charge in [0.25, 0.3) is 0 Å². The van der Waals surface area contributed by atoms with Gasteiger partial charge in [0.1, 0.15) is 13.2 Å². The SMILES string of the molecule is C=C(NCC(CCCC)CCCCCCCC)SCCOC(=O)CCC.CCCCCC(O)CC.CNCC(=O)OCCO.[Y]. The van der Waals surface area contributed by atoms with Crippen molar-refractivity contribution in [3.63, 3.8) is 0 Å². The first-order valence-electron chi connectivity index (χ1n) is 17.6.